The lowest BCUT2D eigenvalue weighted by Gasteiger charge is -2.34. The molecule has 2 atom stereocenters. The Hall–Kier alpha value is -1.43. The van der Waals surface area contributed by atoms with Gasteiger partial charge in [-0.15, -0.1) is 0 Å². The Labute approximate surface area is 115 Å². The van der Waals surface area contributed by atoms with Crippen molar-refractivity contribution in [3.05, 3.63) is 5.82 Å². The van der Waals surface area contributed by atoms with Gasteiger partial charge in [-0.2, -0.15) is 15.0 Å². The van der Waals surface area contributed by atoms with Crippen LogP contribution < -0.4 is 10.6 Å². The average Bonchev–Trinajstić information content (AvgIpc) is 2.26. The number of rotatable bonds is 3. The lowest BCUT2D eigenvalue weighted by molar-refractivity contribution is 0.131. The molecular formula is C13H24N6. The number of aromatic nitrogens is 3. The van der Waals surface area contributed by atoms with Gasteiger partial charge in [0.25, 0.3) is 0 Å². The molecular weight excluding hydrogens is 240 g/mol. The largest absolute Gasteiger partial charge is 0.368 e. The number of nitrogens with zero attached hydrogens (tertiary/aromatic N) is 5. The molecule has 2 heterocycles. The summed E-state index contributed by atoms with van der Waals surface area (Å²) in [7, 11) is 3.81. The van der Waals surface area contributed by atoms with Gasteiger partial charge in [-0.25, -0.2) is 0 Å². The molecule has 0 unspecified atom stereocenters. The van der Waals surface area contributed by atoms with Crippen molar-refractivity contribution in [2.45, 2.75) is 26.8 Å². The molecule has 6 heteroatoms. The number of nitrogen functional groups attached to an aromatic ring is 1. The second-order valence-electron chi connectivity index (χ2n) is 5.94. The Kier molecular flexibility index (Phi) is 4.19. The van der Waals surface area contributed by atoms with E-state index in [4.69, 9.17) is 5.73 Å². The zero-order valence-corrected chi connectivity index (χ0v) is 12.3. The SMILES string of the molecule is C[C@@H]1C[C@H](C)CN(Cc2nc(N)nc(N(C)C)n2)C1. The van der Waals surface area contributed by atoms with Crippen LogP contribution in [0.15, 0.2) is 0 Å². The van der Waals surface area contributed by atoms with E-state index >= 15 is 0 Å². The number of piperidine rings is 1. The third kappa shape index (κ3) is 3.76. The van der Waals surface area contributed by atoms with Gasteiger partial charge in [-0.3, -0.25) is 4.90 Å². The van der Waals surface area contributed by atoms with Gasteiger partial charge < -0.3 is 10.6 Å². The van der Waals surface area contributed by atoms with Crippen LogP contribution in [0.4, 0.5) is 11.9 Å². The zero-order valence-electron chi connectivity index (χ0n) is 12.3. The monoisotopic (exact) mass is 264 g/mol. The molecule has 2 N–H and O–H groups in total. The summed E-state index contributed by atoms with van der Waals surface area (Å²) < 4.78 is 0. The van der Waals surface area contributed by atoms with Gasteiger partial charge in [0.1, 0.15) is 5.82 Å². The van der Waals surface area contributed by atoms with Crippen molar-refractivity contribution < 1.29 is 0 Å². The highest BCUT2D eigenvalue weighted by Crippen LogP contribution is 2.22. The highest BCUT2D eigenvalue weighted by Gasteiger charge is 2.22. The van der Waals surface area contributed by atoms with Crippen molar-refractivity contribution in [1.29, 1.82) is 0 Å². The summed E-state index contributed by atoms with van der Waals surface area (Å²) in [6.07, 6.45) is 1.30. The maximum Gasteiger partial charge on any atom is 0.229 e. The molecule has 2 rings (SSSR count). The molecule has 0 bridgehead atoms. The van der Waals surface area contributed by atoms with Gasteiger partial charge >= 0.3 is 0 Å². The van der Waals surface area contributed by atoms with Crippen molar-refractivity contribution in [3.8, 4) is 0 Å². The highest BCUT2D eigenvalue weighted by atomic mass is 15.3. The average molecular weight is 264 g/mol. The quantitative estimate of drug-likeness (QED) is 0.878. The Morgan fingerprint density at radius 1 is 1.16 bits per heavy atom. The number of anilines is 2. The Bertz CT molecular complexity index is 423. The van der Waals surface area contributed by atoms with Crippen molar-refractivity contribution in [1.82, 2.24) is 19.9 Å². The van der Waals surface area contributed by atoms with E-state index in [2.05, 4.69) is 33.7 Å². The van der Waals surface area contributed by atoms with E-state index in [0.717, 1.165) is 37.3 Å². The minimum absolute atomic E-state index is 0.298. The number of hydrogen-bond acceptors (Lipinski definition) is 6. The van der Waals surface area contributed by atoms with Crippen molar-refractivity contribution in [3.63, 3.8) is 0 Å². The second-order valence-corrected chi connectivity index (χ2v) is 5.94. The molecule has 1 aliphatic heterocycles. The summed E-state index contributed by atoms with van der Waals surface area (Å²) in [4.78, 5) is 17.1. The van der Waals surface area contributed by atoms with E-state index in [0.29, 0.717) is 11.9 Å². The molecule has 0 spiro atoms. The minimum Gasteiger partial charge on any atom is -0.368 e. The maximum absolute atomic E-state index is 5.75. The van der Waals surface area contributed by atoms with Gasteiger partial charge in [0.15, 0.2) is 0 Å². The van der Waals surface area contributed by atoms with Gasteiger partial charge in [-0.05, 0) is 18.3 Å². The molecule has 19 heavy (non-hydrogen) atoms. The topological polar surface area (TPSA) is 71.2 Å². The van der Waals surface area contributed by atoms with Crippen LogP contribution in [-0.2, 0) is 6.54 Å². The Morgan fingerprint density at radius 2 is 1.79 bits per heavy atom. The van der Waals surface area contributed by atoms with E-state index in [1.165, 1.54) is 6.42 Å². The fraction of sp³-hybridized carbons (Fsp3) is 0.769. The van der Waals surface area contributed by atoms with Crippen molar-refractivity contribution >= 4 is 11.9 Å². The molecule has 0 aromatic carbocycles. The summed E-state index contributed by atoms with van der Waals surface area (Å²) >= 11 is 0. The van der Waals surface area contributed by atoms with Gasteiger partial charge in [-0.1, -0.05) is 13.8 Å². The Balaban J connectivity index is 2.10. The summed E-state index contributed by atoms with van der Waals surface area (Å²) in [6, 6.07) is 0. The third-order valence-electron chi connectivity index (χ3n) is 3.40. The van der Waals surface area contributed by atoms with Crippen molar-refractivity contribution in [2.75, 3.05) is 37.8 Å². The highest BCUT2D eigenvalue weighted by molar-refractivity contribution is 5.32. The number of hydrogen-bond donors (Lipinski definition) is 1. The van der Waals surface area contributed by atoms with E-state index in [1.807, 2.05) is 19.0 Å². The standard InChI is InChI=1S/C13H24N6/c1-9-5-10(2)7-19(6-9)8-11-15-12(14)17-13(16-11)18(3)4/h9-10H,5-8H2,1-4H3,(H2,14,15,16,17)/t9-,10+. The molecule has 1 aromatic heterocycles. The predicted octanol–water partition coefficient (Wildman–Crippen LogP) is 0.998. The first kappa shape index (κ1) is 14.0. The van der Waals surface area contributed by atoms with E-state index in [9.17, 15) is 0 Å². The molecule has 106 valence electrons. The smallest absolute Gasteiger partial charge is 0.229 e. The third-order valence-corrected chi connectivity index (χ3v) is 3.40. The van der Waals surface area contributed by atoms with Gasteiger partial charge in [0, 0.05) is 27.2 Å². The molecule has 6 nitrogen and oxygen atoms in total. The fourth-order valence-corrected chi connectivity index (χ4v) is 2.82. The van der Waals surface area contributed by atoms with Crippen LogP contribution in [0.25, 0.3) is 0 Å². The first-order valence-electron chi connectivity index (χ1n) is 6.84. The summed E-state index contributed by atoms with van der Waals surface area (Å²) in [6.45, 7) is 7.56. The number of nitrogens with two attached hydrogens (primary N) is 1. The van der Waals surface area contributed by atoms with Crippen LogP contribution in [0.5, 0.6) is 0 Å². The molecule has 1 aromatic rings. The van der Waals surface area contributed by atoms with Gasteiger partial charge in [0.2, 0.25) is 11.9 Å². The normalized spacial score (nSPS) is 24.4. The molecule has 1 aliphatic rings. The van der Waals surface area contributed by atoms with E-state index in [1.54, 1.807) is 0 Å². The maximum atomic E-state index is 5.75. The van der Waals surface area contributed by atoms with Crippen LogP contribution >= 0.6 is 0 Å². The van der Waals surface area contributed by atoms with Crippen LogP contribution in [-0.4, -0.2) is 47.0 Å². The first-order valence-corrected chi connectivity index (χ1v) is 6.84. The molecule has 0 radical (unpaired) electrons. The summed E-state index contributed by atoms with van der Waals surface area (Å²) in [5.41, 5.74) is 5.75. The molecule has 0 saturated carbocycles. The van der Waals surface area contributed by atoms with Crippen molar-refractivity contribution in [2.24, 2.45) is 11.8 Å². The van der Waals surface area contributed by atoms with Gasteiger partial charge in [0.05, 0.1) is 6.54 Å². The lowest BCUT2D eigenvalue weighted by atomic mass is 9.92. The number of likely N-dealkylation sites (tertiary alicyclic amines) is 1. The van der Waals surface area contributed by atoms with Crippen LogP contribution in [0, 0.1) is 11.8 Å². The Morgan fingerprint density at radius 3 is 2.37 bits per heavy atom. The van der Waals surface area contributed by atoms with Crippen LogP contribution in [0.1, 0.15) is 26.1 Å². The predicted molar refractivity (Wildman–Crippen MR) is 76.8 cm³/mol. The molecule has 0 aliphatic carbocycles. The zero-order chi connectivity index (χ0) is 14.0. The molecule has 1 saturated heterocycles. The first-order chi connectivity index (χ1) is 8.94. The summed E-state index contributed by atoms with van der Waals surface area (Å²) in [5.74, 6) is 3.15. The van der Waals surface area contributed by atoms with Crippen LogP contribution in [0.3, 0.4) is 0 Å². The second kappa shape index (κ2) is 5.69. The van der Waals surface area contributed by atoms with Crippen LogP contribution in [0.2, 0.25) is 0 Å². The van der Waals surface area contributed by atoms with E-state index < -0.39 is 0 Å². The minimum atomic E-state index is 0.298. The summed E-state index contributed by atoms with van der Waals surface area (Å²) in [5, 5.41) is 0. The molecule has 1 fully saturated rings. The van der Waals surface area contributed by atoms with E-state index in [-0.39, 0.29) is 0 Å². The lowest BCUT2D eigenvalue weighted by Crippen LogP contribution is -2.38. The molecule has 0 amide bonds. The fourth-order valence-electron chi connectivity index (χ4n) is 2.82.